The summed E-state index contributed by atoms with van der Waals surface area (Å²) in [5, 5.41) is 3.50. The number of nitrogens with one attached hydrogen (secondary N) is 1. The summed E-state index contributed by atoms with van der Waals surface area (Å²) in [7, 11) is 0. The molecule has 0 amide bonds. The Labute approximate surface area is 149 Å². The van der Waals surface area contributed by atoms with Crippen molar-refractivity contribution in [2.24, 2.45) is 11.7 Å². The smallest absolute Gasteiger partial charge is 0.161 e. The number of rotatable bonds is 3. The van der Waals surface area contributed by atoms with Crippen LogP contribution in [0.4, 0.5) is 5.82 Å². The van der Waals surface area contributed by atoms with Gasteiger partial charge in [0, 0.05) is 37.2 Å². The van der Waals surface area contributed by atoms with E-state index in [1.807, 2.05) is 6.07 Å². The molecule has 1 fully saturated rings. The van der Waals surface area contributed by atoms with Crippen LogP contribution >= 0.6 is 0 Å². The fourth-order valence-corrected chi connectivity index (χ4v) is 3.95. The molecule has 1 aromatic carbocycles. The number of fused-ring (bicyclic) bond motifs is 1. The van der Waals surface area contributed by atoms with Crippen molar-refractivity contribution < 1.29 is 0 Å². The average Bonchev–Trinajstić information content (AvgIpc) is 2.93. The lowest BCUT2D eigenvalue weighted by Crippen LogP contribution is -2.39. The van der Waals surface area contributed by atoms with Crippen molar-refractivity contribution in [3.05, 3.63) is 41.6 Å². The number of hydrogen-bond donors (Lipinski definition) is 2. The minimum Gasteiger partial charge on any atom is -0.356 e. The predicted molar refractivity (Wildman–Crippen MR) is 102 cm³/mol. The van der Waals surface area contributed by atoms with Crippen molar-refractivity contribution in [1.29, 1.82) is 0 Å². The fourth-order valence-electron chi connectivity index (χ4n) is 3.95. The normalized spacial score (nSPS) is 20.8. The molecule has 0 bridgehead atoms. The number of piperidine rings is 1. The second kappa shape index (κ2) is 7.50. The van der Waals surface area contributed by atoms with Crippen molar-refractivity contribution >= 4 is 5.82 Å². The predicted octanol–water partition coefficient (Wildman–Crippen LogP) is 2.01. The van der Waals surface area contributed by atoms with Crippen LogP contribution in [0.3, 0.4) is 0 Å². The number of anilines is 1. The van der Waals surface area contributed by atoms with Gasteiger partial charge in [-0.2, -0.15) is 0 Å². The van der Waals surface area contributed by atoms with E-state index in [4.69, 9.17) is 15.7 Å². The lowest BCUT2D eigenvalue weighted by Gasteiger charge is -2.34. The van der Waals surface area contributed by atoms with E-state index in [1.165, 1.54) is 24.1 Å². The summed E-state index contributed by atoms with van der Waals surface area (Å²) in [4.78, 5) is 12.4. The lowest BCUT2D eigenvalue weighted by atomic mass is 9.97. The zero-order chi connectivity index (χ0) is 17.1. The molecule has 5 heteroatoms. The van der Waals surface area contributed by atoms with Gasteiger partial charge in [0.1, 0.15) is 5.82 Å². The topological polar surface area (TPSA) is 67.1 Å². The van der Waals surface area contributed by atoms with Gasteiger partial charge in [-0.1, -0.05) is 30.3 Å². The molecule has 3 heterocycles. The average molecular weight is 337 g/mol. The highest BCUT2D eigenvalue weighted by Gasteiger charge is 2.25. The molecule has 2 aliphatic rings. The van der Waals surface area contributed by atoms with Crippen LogP contribution in [-0.4, -0.2) is 42.7 Å². The Hall–Kier alpha value is -1.98. The van der Waals surface area contributed by atoms with Gasteiger partial charge in [-0.15, -0.1) is 0 Å². The highest BCUT2D eigenvalue weighted by atomic mass is 15.2. The third-order valence-electron chi connectivity index (χ3n) is 5.35. The van der Waals surface area contributed by atoms with Gasteiger partial charge < -0.3 is 16.0 Å². The van der Waals surface area contributed by atoms with Crippen LogP contribution in [0.5, 0.6) is 0 Å². The molecule has 5 nitrogen and oxygen atoms in total. The van der Waals surface area contributed by atoms with E-state index in [0.29, 0.717) is 5.92 Å². The summed E-state index contributed by atoms with van der Waals surface area (Å²) in [6.45, 7) is 4.84. The van der Waals surface area contributed by atoms with E-state index in [0.717, 1.165) is 62.8 Å². The molecule has 3 N–H and O–H groups in total. The summed E-state index contributed by atoms with van der Waals surface area (Å²) < 4.78 is 0. The summed E-state index contributed by atoms with van der Waals surface area (Å²) in [5.41, 5.74) is 9.60. The number of aromatic nitrogens is 2. The van der Waals surface area contributed by atoms with E-state index < -0.39 is 0 Å². The molecule has 0 spiro atoms. The SMILES string of the molecule is NC[C@H]1CCCN(c2nc(-c3ccccc3)nc3c2CCNCC3)C1. The van der Waals surface area contributed by atoms with Crippen molar-refractivity contribution in [2.45, 2.75) is 25.7 Å². The van der Waals surface area contributed by atoms with Gasteiger partial charge in [-0.25, -0.2) is 9.97 Å². The van der Waals surface area contributed by atoms with Gasteiger partial charge in [-0.05, 0) is 38.3 Å². The van der Waals surface area contributed by atoms with E-state index in [1.54, 1.807) is 0 Å². The summed E-state index contributed by atoms with van der Waals surface area (Å²) in [6, 6.07) is 10.3. The number of hydrogen-bond acceptors (Lipinski definition) is 5. The first-order valence-electron chi connectivity index (χ1n) is 9.46. The quantitative estimate of drug-likeness (QED) is 0.897. The standard InChI is InChI=1S/C20H27N5/c21-13-15-5-4-12-25(14-15)20-17-8-10-22-11-9-18(17)23-19(24-20)16-6-2-1-3-7-16/h1-3,6-7,15,22H,4-5,8-14,21H2/t15-/m1/s1. The van der Waals surface area contributed by atoms with Gasteiger partial charge in [0.25, 0.3) is 0 Å². The van der Waals surface area contributed by atoms with Crippen molar-refractivity contribution in [2.75, 3.05) is 37.6 Å². The molecule has 2 aromatic rings. The first kappa shape index (κ1) is 16.5. The van der Waals surface area contributed by atoms with E-state index in [9.17, 15) is 0 Å². The van der Waals surface area contributed by atoms with Crippen molar-refractivity contribution in [1.82, 2.24) is 15.3 Å². The molecular weight excluding hydrogens is 310 g/mol. The lowest BCUT2D eigenvalue weighted by molar-refractivity contribution is 0.421. The Morgan fingerprint density at radius 3 is 2.80 bits per heavy atom. The first-order chi connectivity index (χ1) is 12.3. The Kier molecular flexibility index (Phi) is 4.95. The third kappa shape index (κ3) is 3.53. The van der Waals surface area contributed by atoms with Crippen molar-refractivity contribution in [3.63, 3.8) is 0 Å². The zero-order valence-electron chi connectivity index (χ0n) is 14.7. The molecule has 2 aliphatic heterocycles. The van der Waals surface area contributed by atoms with Crippen LogP contribution in [0.2, 0.25) is 0 Å². The number of nitrogens with zero attached hydrogens (tertiary/aromatic N) is 3. The highest BCUT2D eigenvalue weighted by Crippen LogP contribution is 2.30. The van der Waals surface area contributed by atoms with Crippen molar-refractivity contribution in [3.8, 4) is 11.4 Å². The van der Waals surface area contributed by atoms with Gasteiger partial charge in [-0.3, -0.25) is 0 Å². The fraction of sp³-hybridized carbons (Fsp3) is 0.500. The molecule has 0 unspecified atom stereocenters. The van der Waals surface area contributed by atoms with Crippen LogP contribution in [0.25, 0.3) is 11.4 Å². The molecule has 0 aliphatic carbocycles. The summed E-state index contributed by atoms with van der Waals surface area (Å²) >= 11 is 0. The Balaban J connectivity index is 1.78. The maximum atomic E-state index is 5.96. The van der Waals surface area contributed by atoms with Crippen LogP contribution in [0, 0.1) is 5.92 Å². The molecule has 132 valence electrons. The van der Waals surface area contributed by atoms with Gasteiger partial charge >= 0.3 is 0 Å². The highest BCUT2D eigenvalue weighted by molar-refractivity contribution is 5.61. The second-order valence-electron chi connectivity index (χ2n) is 7.10. The zero-order valence-corrected chi connectivity index (χ0v) is 14.7. The molecular formula is C20H27N5. The van der Waals surface area contributed by atoms with Gasteiger partial charge in [0.15, 0.2) is 5.82 Å². The maximum absolute atomic E-state index is 5.96. The molecule has 1 aromatic heterocycles. The largest absolute Gasteiger partial charge is 0.356 e. The summed E-state index contributed by atoms with van der Waals surface area (Å²) in [6.07, 6.45) is 4.40. The number of benzene rings is 1. The minimum absolute atomic E-state index is 0.573. The summed E-state index contributed by atoms with van der Waals surface area (Å²) in [5.74, 6) is 2.57. The van der Waals surface area contributed by atoms with Crippen LogP contribution in [-0.2, 0) is 12.8 Å². The monoisotopic (exact) mass is 337 g/mol. The Morgan fingerprint density at radius 2 is 1.96 bits per heavy atom. The third-order valence-corrected chi connectivity index (χ3v) is 5.35. The van der Waals surface area contributed by atoms with E-state index in [-0.39, 0.29) is 0 Å². The van der Waals surface area contributed by atoms with Crippen LogP contribution < -0.4 is 16.0 Å². The number of nitrogens with two attached hydrogens (primary N) is 1. The first-order valence-corrected chi connectivity index (χ1v) is 9.46. The molecule has 1 saturated heterocycles. The second-order valence-corrected chi connectivity index (χ2v) is 7.10. The molecule has 1 atom stereocenters. The molecule has 4 rings (SSSR count). The molecule has 25 heavy (non-hydrogen) atoms. The Bertz CT molecular complexity index is 716. The van der Waals surface area contributed by atoms with Gasteiger partial charge in [0.2, 0.25) is 0 Å². The van der Waals surface area contributed by atoms with E-state index in [2.05, 4.69) is 34.5 Å². The van der Waals surface area contributed by atoms with Gasteiger partial charge in [0.05, 0.1) is 5.69 Å². The minimum atomic E-state index is 0.573. The maximum Gasteiger partial charge on any atom is 0.161 e. The van der Waals surface area contributed by atoms with Crippen LogP contribution in [0.15, 0.2) is 30.3 Å². The van der Waals surface area contributed by atoms with E-state index >= 15 is 0 Å². The molecule has 0 saturated carbocycles. The molecule has 0 radical (unpaired) electrons. The Morgan fingerprint density at radius 1 is 1.12 bits per heavy atom. The van der Waals surface area contributed by atoms with Crippen LogP contribution in [0.1, 0.15) is 24.1 Å².